The molecular weight excluding hydrogens is 264 g/mol. The van der Waals surface area contributed by atoms with Crippen LogP contribution in [0.1, 0.15) is 19.8 Å². The summed E-state index contributed by atoms with van der Waals surface area (Å²) in [6.07, 6.45) is 5.34. The molecule has 0 radical (unpaired) electrons. The number of carbonyl (C=O) groups is 3. The van der Waals surface area contributed by atoms with Gasteiger partial charge in [0.25, 0.3) is 0 Å². The van der Waals surface area contributed by atoms with Crippen LogP contribution in [0, 0.1) is 11.3 Å². The van der Waals surface area contributed by atoms with Gasteiger partial charge >= 0.3 is 17.9 Å². The van der Waals surface area contributed by atoms with E-state index in [1.807, 2.05) is 0 Å². The molecule has 1 rings (SSSR count). The molecule has 110 valence electrons. The van der Waals surface area contributed by atoms with E-state index in [-0.39, 0.29) is 13.2 Å². The minimum absolute atomic E-state index is 0.0865. The van der Waals surface area contributed by atoms with Crippen LogP contribution < -0.4 is 0 Å². The largest absolute Gasteiger partial charge is 0.481 e. The lowest BCUT2D eigenvalue weighted by molar-refractivity contribution is -0.164. The standard InChI is InChI=1S/C14H18O6/c1-3-11(15)19-8-9-20-12(16)10-6-4-5-7-14(10,2)13(17)18/h3-4,6,10H,1,5,7-9H2,2H3,(H,17,18). The molecule has 1 N–H and O–H groups in total. The summed E-state index contributed by atoms with van der Waals surface area (Å²) in [4.78, 5) is 34.0. The van der Waals surface area contributed by atoms with Gasteiger partial charge in [0.05, 0.1) is 11.3 Å². The smallest absolute Gasteiger partial charge is 0.330 e. The summed E-state index contributed by atoms with van der Waals surface area (Å²) in [6, 6.07) is 0. The average molecular weight is 282 g/mol. The fourth-order valence-electron chi connectivity index (χ4n) is 2.00. The van der Waals surface area contributed by atoms with Crippen LogP contribution in [0.5, 0.6) is 0 Å². The third kappa shape index (κ3) is 3.69. The van der Waals surface area contributed by atoms with E-state index in [1.54, 1.807) is 12.2 Å². The van der Waals surface area contributed by atoms with Crippen molar-refractivity contribution in [3.8, 4) is 0 Å². The maximum atomic E-state index is 11.9. The molecule has 0 bridgehead atoms. The number of aliphatic carboxylic acids is 1. The molecule has 2 atom stereocenters. The summed E-state index contributed by atoms with van der Waals surface area (Å²) in [5, 5.41) is 9.27. The number of esters is 2. The molecule has 1 aliphatic rings. The van der Waals surface area contributed by atoms with Crippen LogP contribution in [0.3, 0.4) is 0 Å². The number of hydrogen-bond acceptors (Lipinski definition) is 5. The highest BCUT2D eigenvalue weighted by Crippen LogP contribution is 2.38. The fraction of sp³-hybridized carbons (Fsp3) is 0.500. The lowest BCUT2D eigenvalue weighted by Gasteiger charge is -2.32. The van der Waals surface area contributed by atoms with Gasteiger partial charge in [0.2, 0.25) is 0 Å². The van der Waals surface area contributed by atoms with Crippen LogP contribution >= 0.6 is 0 Å². The second-order valence-electron chi connectivity index (χ2n) is 4.71. The molecule has 0 saturated carbocycles. The first-order valence-electron chi connectivity index (χ1n) is 6.27. The molecule has 0 fully saturated rings. The maximum absolute atomic E-state index is 11.9. The van der Waals surface area contributed by atoms with Crippen molar-refractivity contribution >= 4 is 17.9 Å². The SMILES string of the molecule is C=CC(=O)OCCOC(=O)C1C=CCCC1(C)C(=O)O. The van der Waals surface area contributed by atoms with E-state index in [4.69, 9.17) is 4.74 Å². The third-order valence-corrected chi connectivity index (χ3v) is 3.33. The van der Waals surface area contributed by atoms with E-state index in [2.05, 4.69) is 11.3 Å². The van der Waals surface area contributed by atoms with Crippen molar-refractivity contribution in [2.24, 2.45) is 11.3 Å². The minimum Gasteiger partial charge on any atom is -0.481 e. The Morgan fingerprint density at radius 3 is 2.65 bits per heavy atom. The number of carboxylic acids is 1. The highest BCUT2D eigenvalue weighted by molar-refractivity contribution is 5.86. The Morgan fingerprint density at radius 2 is 2.05 bits per heavy atom. The molecule has 6 nitrogen and oxygen atoms in total. The molecule has 0 amide bonds. The van der Waals surface area contributed by atoms with E-state index < -0.39 is 29.2 Å². The molecule has 0 aromatic heterocycles. The summed E-state index contributed by atoms with van der Waals surface area (Å²) in [7, 11) is 0. The van der Waals surface area contributed by atoms with Crippen molar-refractivity contribution in [1.29, 1.82) is 0 Å². The Kier molecular flexibility index (Phi) is 5.49. The molecule has 20 heavy (non-hydrogen) atoms. The number of carbonyl (C=O) groups excluding carboxylic acids is 2. The summed E-state index contributed by atoms with van der Waals surface area (Å²) >= 11 is 0. The van der Waals surface area contributed by atoms with Gasteiger partial charge in [-0.2, -0.15) is 0 Å². The van der Waals surface area contributed by atoms with Gasteiger partial charge in [-0.3, -0.25) is 9.59 Å². The van der Waals surface area contributed by atoms with Crippen LogP contribution in [0.4, 0.5) is 0 Å². The van der Waals surface area contributed by atoms with Crippen molar-refractivity contribution in [2.45, 2.75) is 19.8 Å². The van der Waals surface area contributed by atoms with Crippen molar-refractivity contribution in [3.63, 3.8) is 0 Å². The zero-order valence-electron chi connectivity index (χ0n) is 11.3. The molecular formula is C14H18O6. The predicted octanol–water partition coefficient (Wildman–Crippen LogP) is 1.32. The summed E-state index contributed by atoms with van der Waals surface area (Å²) < 4.78 is 9.62. The van der Waals surface area contributed by atoms with Crippen LogP contribution in [-0.4, -0.2) is 36.2 Å². The number of carboxylic acid groups (broad SMARTS) is 1. The molecule has 0 saturated heterocycles. The normalized spacial score (nSPS) is 24.8. The van der Waals surface area contributed by atoms with Gasteiger partial charge in [0.1, 0.15) is 13.2 Å². The van der Waals surface area contributed by atoms with E-state index >= 15 is 0 Å². The molecule has 0 spiro atoms. The van der Waals surface area contributed by atoms with Crippen LogP contribution in [-0.2, 0) is 23.9 Å². The number of ether oxygens (including phenoxy) is 2. The maximum Gasteiger partial charge on any atom is 0.330 e. The lowest BCUT2D eigenvalue weighted by Crippen LogP contribution is -2.41. The lowest BCUT2D eigenvalue weighted by atomic mass is 9.70. The van der Waals surface area contributed by atoms with Gasteiger partial charge < -0.3 is 14.6 Å². The van der Waals surface area contributed by atoms with Gasteiger partial charge in [-0.15, -0.1) is 0 Å². The Labute approximate surface area is 117 Å². The molecule has 0 aromatic carbocycles. The van der Waals surface area contributed by atoms with Gasteiger partial charge in [-0.25, -0.2) is 4.79 Å². The number of allylic oxidation sites excluding steroid dienone is 1. The number of rotatable bonds is 6. The molecule has 0 aliphatic heterocycles. The molecule has 6 heteroatoms. The topological polar surface area (TPSA) is 89.9 Å². The first-order valence-corrected chi connectivity index (χ1v) is 6.27. The zero-order chi connectivity index (χ0) is 15.2. The van der Waals surface area contributed by atoms with Crippen molar-refractivity contribution in [3.05, 3.63) is 24.8 Å². The van der Waals surface area contributed by atoms with Crippen LogP contribution in [0.2, 0.25) is 0 Å². The Balaban J connectivity index is 2.55. The molecule has 0 aromatic rings. The van der Waals surface area contributed by atoms with Crippen LogP contribution in [0.25, 0.3) is 0 Å². The van der Waals surface area contributed by atoms with Crippen LogP contribution in [0.15, 0.2) is 24.8 Å². The zero-order valence-corrected chi connectivity index (χ0v) is 11.3. The molecule has 2 unspecified atom stereocenters. The minimum atomic E-state index is -1.16. The number of hydrogen-bond donors (Lipinski definition) is 1. The van der Waals surface area contributed by atoms with Gasteiger partial charge in [0.15, 0.2) is 0 Å². The highest BCUT2D eigenvalue weighted by atomic mass is 16.6. The van der Waals surface area contributed by atoms with Crippen molar-refractivity contribution < 1.29 is 29.0 Å². The second kappa shape index (κ2) is 6.88. The fourth-order valence-corrected chi connectivity index (χ4v) is 2.00. The first kappa shape index (κ1) is 15.9. The van der Waals surface area contributed by atoms with E-state index in [0.717, 1.165) is 6.08 Å². The average Bonchev–Trinajstić information content (AvgIpc) is 2.43. The summed E-state index contributed by atoms with van der Waals surface area (Å²) in [5.41, 5.74) is -1.16. The Morgan fingerprint density at radius 1 is 1.40 bits per heavy atom. The molecule has 0 heterocycles. The third-order valence-electron chi connectivity index (χ3n) is 3.33. The monoisotopic (exact) mass is 282 g/mol. The van der Waals surface area contributed by atoms with Gasteiger partial charge in [-0.1, -0.05) is 18.7 Å². The van der Waals surface area contributed by atoms with Gasteiger partial charge in [-0.05, 0) is 19.8 Å². The van der Waals surface area contributed by atoms with Crippen molar-refractivity contribution in [1.82, 2.24) is 0 Å². The second-order valence-corrected chi connectivity index (χ2v) is 4.71. The predicted molar refractivity (Wildman–Crippen MR) is 69.7 cm³/mol. The molecule has 1 aliphatic carbocycles. The highest BCUT2D eigenvalue weighted by Gasteiger charge is 2.45. The Hall–Kier alpha value is -2.11. The van der Waals surface area contributed by atoms with Gasteiger partial charge in [0, 0.05) is 6.08 Å². The first-order chi connectivity index (χ1) is 9.41. The van der Waals surface area contributed by atoms with E-state index in [0.29, 0.717) is 12.8 Å². The van der Waals surface area contributed by atoms with E-state index in [1.165, 1.54) is 6.92 Å². The summed E-state index contributed by atoms with van der Waals surface area (Å²) in [5.74, 6) is -3.08. The summed E-state index contributed by atoms with van der Waals surface area (Å²) in [6.45, 7) is 4.56. The van der Waals surface area contributed by atoms with E-state index in [9.17, 15) is 19.5 Å². The Bertz CT molecular complexity index is 439. The quantitative estimate of drug-likeness (QED) is 0.342. The van der Waals surface area contributed by atoms with Crippen molar-refractivity contribution in [2.75, 3.05) is 13.2 Å².